The summed E-state index contributed by atoms with van der Waals surface area (Å²) in [5, 5.41) is 0. The van der Waals surface area contributed by atoms with Gasteiger partial charge >= 0.3 is 5.97 Å². The first-order valence-electron chi connectivity index (χ1n) is 6.56. The molecule has 104 valence electrons. The SMILES string of the molecule is COC(=O)[C@H]1CCCCN1Cc1cccnc1OC. The molecule has 2 rings (SSSR count). The van der Waals surface area contributed by atoms with Crippen LogP contribution in [0.3, 0.4) is 0 Å². The molecule has 0 aromatic carbocycles. The number of ether oxygens (including phenoxy) is 2. The Kier molecular flexibility index (Phi) is 4.74. The van der Waals surface area contributed by atoms with Gasteiger partial charge in [0.05, 0.1) is 14.2 Å². The third kappa shape index (κ3) is 3.23. The second-order valence-corrected chi connectivity index (χ2v) is 4.68. The van der Waals surface area contributed by atoms with Crippen molar-refractivity contribution in [3.05, 3.63) is 23.9 Å². The van der Waals surface area contributed by atoms with Gasteiger partial charge in [0.1, 0.15) is 6.04 Å². The predicted molar refractivity (Wildman–Crippen MR) is 70.9 cm³/mol. The van der Waals surface area contributed by atoms with E-state index in [1.165, 1.54) is 7.11 Å². The van der Waals surface area contributed by atoms with Crippen molar-refractivity contribution in [2.24, 2.45) is 0 Å². The average molecular weight is 264 g/mol. The van der Waals surface area contributed by atoms with Crippen molar-refractivity contribution in [2.45, 2.75) is 31.8 Å². The maximum absolute atomic E-state index is 11.8. The Morgan fingerprint density at radius 3 is 3.05 bits per heavy atom. The predicted octanol–water partition coefficient (Wildman–Crippen LogP) is 1.62. The minimum atomic E-state index is -0.150. The van der Waals surface area contributed by atoms with Crippen molar-refractivity contribution in [1.82, 2.24) is 9.88 Å². The molecular formula is C14H20N2O3. The van der Waals surface area contributed by atoms with Crippen LogP contribution in [0.2, 0.25) is 0 Å². The van der Waals surface area contributed by atoms with Crippen molar-refractivity contribution >= 4 is 5.97 Å². The zero-order valence-corrected chi connectivity index (χ0v) is 11.5. The highest BCUT2D eigenvalue weighted by molar-refractivity contribution is 5.75. The van der Waals surface area contributed by atoms with Gasteiger partial charge in [-0.2, -0.15) is 0 Å². The molecule has 5 nitrogen and oxygen atoms in total. The molecule has 0 amide bonds. The summed E-state index contributed by atoms with van der Waals surface area (Å²) in [6.45, 7) is 1.56. The maximum atomic E-state index is 11.8. The Bertz CT molecular complexity index is 436. The molecule has 0 aliphatic carbocycles. The second-order valence-electron chi connectivity index (χ2n) is 4.68. The van der Waals surface area contributed by atoms with Crippen LogP contribution >= 0.6 is 0 Å². The molecule has 0 unspecified atom stereocenters. The molecule has 1 aromatic rings. The molecule has 1 aromatic heterocycles. The monoisotopic (exact) mass is 264 g/mol. The first-order chi connectivity index (χ1) is 9.26. The van der Waals surface area contributed by atoms with Gasteiger partial charge in [0.25, 0.3) is 0 Å². The maximum Gasteiger partial charge on any atom is 0.323 e. The van der Waals surface area contributed by atoms with Crippen LogP contribution in [0.5, 0.6) is 5.88 Å². The van der Waals surface area contributed by atoms with E-state index in [9.17, 15) is 4.79 Å². The summed E-state index contributed by atoms with van der Waals surface area (Å²) in [4.78, 5) is 18.1. The summed E-state index contributed by atoms with van der Waals surface area (Å²) in [5.41, 5.74) is 1.00. The Morgan fingerprint density at radius 2 is 2.32 bits per heavy atom. The fourth-order valence-corrected chi connectivity index (χ4v) is 2.53. The molecule has 1 aliphatic heterocycles. The van der Waals surface area contributed by atoms with Gasteiger partial charge in [-0.25, -0.2) is 4.98 Å². The standard InChI is InChI=1S/C14H20N2O3/c1-18-13-11(6-5-8-15-13)10-16-9-4-3-7-12(16)14(17)19-2/h5-6,8,12H,3-4,7,9-10H2,1-2H3/t12-/m1/s1. The van der Waals surface area contributed by atoms with E-state index in [0.717, 1.165) is 31.4 Å². The number of piperidine rings is 1. The van der Waals surface area contributed by atoms with Crippen LogP contribution in [-0.4, -0.2) is 42.7 Å². The molecule has 1 aliphatic rings. The van der Waals surface area contributed by atoms with Crippen LogP contribution in [0.25, 0.3) is 0 Å². The molecular weight excluding hydrogens is 244 g/mol. The number of pyridine rings is 1. The summed E-state index contributed by atoms with van der Waals surface area (Å²) in [6.07, 6.45) is 4.74. The highest BCUT2D eigenvalue weighted by Crippen LogP contribution is 2.23. The molecule has 1 fully saturated rings. The summed E-state index contributed by atoms with van der Waals surface area (Å²) < 4.78 is 10.1. The average Bonchev–Trinajstić information content (AvgIpc) is 2.47. The van der Waals surface area contributed by atoms with Gasteiger partial charge in [0.2, 0.25) is 5.88 Å². The lowest BCUT2D eigenvalue weighted by molar-refractivity contribution is -0.148. The number of methoxy groups -OCH3 is 2. The van der Waals surface area contributed by atoms with Gasteiger partial charge in [0, 0.05) is 18.3 Å². The summed E-state index contributed by atoms with van der Waals surface area (Å²) in [7, 11) is 3.06. The van der Waals surface area contributed by atoms with Crippen LogP contribution in [-0.2, 0) is 16.1 Å². The van der Waals surface area contributed by atoms with Crippen LogP contribution < -0.4 is 4.74 Å². The molecule has 0 saturated carbocycles. The Hall–Kier alpha value is -1.62. The molecule has 19 heavy (non-hydrogen) atoms. The van der Waals surface area contributed by atoms with Gasteiger partial charge < -0.3 is 9.47 Å². The number of hydrogen-bond donors (Lipinski definition) is 0. The molecule has 1 atom stereocenters. The number of likely N-dealkylation sites (tertiary alicyclic amines) is 1. The quantitative estimate of drug-likeness (QED) is 0.773. The number of rotatable bonds is 4. The highest BCUT2D eigenvalue weighted by atomic mass is 16.5. The van der Waals surface area contributed by atoms with Crippen molar-refractivity contribution < 1.29 is 14.3 Å². The second kappa shape index (κ2) is 6.52. The number of aromatic nitrogens is 1. The normalized spacial score (nSPS) is 20.0. The van der Waals surface area contributed by atoms with E-state index < -0.39 is 0 Å². The number of carbonyl (C=O) groups is 1. The van der Waals surface area contributed by atoms with Gasteiger partial charge in [-0.05, 0) is 25.5 Å². The first-order valence-corrected chi connectivity index (χ1v) is 6.56. The van der Waals surface area contributed by atoms with Gasteiger partial charge in [-0.15, -0.1) is 0 Å². The fraction of sp³-hybridized carbons (Fsp3) is 0.571. The zero-order chi connectivity index (χ0) is 13.7. The molecule has 2 heterocycles. The van der Waals surface area contributed by atoms with E-state index in [2.05, 4.69) is 9.88 Å². The van der Waals surface area contributed by atoms with Crippen molar-refractivity contribution in [1.29, 1.82) is 0 Å². The summed E-state index contributed by atoms with van der Waals surface area (Å²) in [5.74, 6) is 0.472. The van der Waals surface area contributed by atoms with E-state index in [0.29, 0.717) is 12.4 Å². The van der Waals surface area contributed by atoms with E-state index in [1.54, 1.807) is 13.3 Å². The van der Waals surface area contributed by atoms with E-state index in [1.807, 2.05) is 12.1 Å². The third-order valence-electron chi connectivity index (χ3n) is 3.50. The molecule has 5 heteroatoms. The molecule has 0 bridgehead atoms. The van der Waals surface area contributed by atoms with Crippen molar-refractivity contribution in [2.75, 3.05) is 20.8 Å². The fourth-order valence-electron chi connectivity index (χ4n) is 2.53. The summed E-state index contributed by atoms with van der Waals surface area (Å²) in [6, 6.07) is 3.72. The molecule has 0 N–H and O–H groups in total. The minimum Gasteiger partial charge on any atom is -0.481 e. The third-order valence-corrected chi connectivity index (χ3v) is 3.50. The molecule has 1 saturated heterocycles. The first kappa shape index (κ1) is 13.8. The molecule has 0 radical (unpaired) electrons. The van der Waals surface area contributed by atoms with Gasteiger partial charge in [0.15, 0.2) is 0 Å². The van der Waals surface area contributed by atoms with Crippen molar-refractivity contribution in [3.8, 4) is 5.88 Å². The molecule has 0 spiro atoms. The number of esters is 1. The zero-order valence-electron chi connectivity index (χ0n) is 11.5. The van der Waals surface area contributed by atoms with Crippen molar-refractivity contribution in [3.63, 3.8) is 0 Å². The number of hydrogen-bond acceptors (Lipinski definition) is 5. The largest absolute Gasteiger partial charge is 0.481 e. The smallest absolute Gasteiger partial charge is 0.323 e. The van der Waals surface area contributed by atoms with E-state index >= 15 is 0 Å². The Balaban J connectivity index is 2.13. The topological polar surface area (TPSA) is 51.7 Å². The van der Waals surface area contributed by atoms with Gasteiger partial charge in [-0.1, -0.05) is 12.5 Å². The van der Waals surface area contributed by atoms with Gasteiger partial charge in [-0.3, -0.25) is 9.69 Å². The van der Waals surface area contributed by atoms with Crippen LogP contribution in [0.4, 0.5) is 0 Å². The Morgan fingerprint density at radius 1 is 1.47 bits per heavy atom. The summed E-state index contributed by atoms with van der Waals surface area (Å²) >= 11 is 0. The van der Waals surface area contributed by atoms with Crippen LogP contribution in [0.15, 0.2) is 18.3 Å². The highest BCUT2D eigenvalue weighted by Gasteiger charge is 2.29. The lowest BCUT2D eigenvalue weighted by Crippen LogP contribution is -2.44. The van der Waals surface area contributed by atoms with Crippen LogP contribution in [0.1, 0.15) is 24.8 Å². The minimum absolute atomic E-state index is 0.149. The Labute approximate surface area is 113 Å². The number of carbonyl (C=O) groups excluding carboxylic acids is 1. The van der Waals surface area contributed by atoms with E-state index in [-0.39, 0.29) is 12.0 Å². The van der Waals surface area contributed by atoms with E-state index in [4.69, 9.17) is 9.47 Å². The number of nitrogens with zero attached hydrogens (tertiary/aromatic N) is 2. The van der Waals surface area contributed by atoms with Crippen LogP contribution in [0, 0.1) is 0 Å². The lowest BCUT2D eigenvalue weighted by atomic mass is 10.0. The lowest BCUT2D eigenvalue weighted by Gasteiger charge is -2.33.